The smallest absolute Gasteiger partial charge is 0.240 e. The lowest BCUT2D eigenvalue weighted by Gasteiger charge is -2.21. The quantitative estimate of drug-likeness (QED) is 0.714. The second-order valence-electron chi connectivity index (χ2n) is 5.02. The van der Waals surface area contributed by atoms with E-state index in [1.807, 2.05) is 13.8 Å². The van der Waals surface area contributed by atoms with Gasteiger partial charge in [-0.25, -0.2) is 0 Å². The maximum Gasteiger partial charge on any atom is 0.240 e. The van der Waals surface area contributed by atoms with Crippen molar-refractivity contribution in [2.75, 3.05) is 5.73 Å². The highest BCUT2D eigenvalue weighted by Gasteiger charge is 2.24. The molecule has 0 aliphatic carbocycles. The maximum atomic E-state index is 12.1. The van der Waals surface area contributed by atoms with Crippen molar-refractivity contribution < 1.29 is 9.59 Å². The second-order valence-corrected chi connectivity index (χ2v) is 5.02. The summed E-state index contributed by atoms with van der Waals surface area (Å²) in [5, 5.41) is 2.68. The van der Waals surface area contributed by atoms with E-state index < -0.39 is 11.9 Å². The summed E-state index contributed by atoms with van der Waals surface area (Å²) in [6, 6.07) is 6.44. The van der Waals surface area contributed by atoms with E-state index >= 15 is 0 Å². The molecule has 1 rings (SSSR count). The zero-order chi connectivity index (χ0) is 14.6. The van der Waals surface area contributed by atoms with E-state index in [-0.39, 0.29) is 25.2 Å². The fraction of sp³-hybridized carbons (Fsp3) is 0.467. The summed E-state index contributed by atoms with van der Waals surface area (Å²) in [5.41, 5.74) is 12.4. The van der Waals surface area contributed by atoms with Crippen LogP contribution in [0.5, 0.6) is 0 Å². The molecule has 1 aromatic rings. The van der Waals surface area contributed by atoms with Crippen molar-refractivity contribution in [1.82, 2.24) is 5.32 Å². The Labute approximate surface area is 120 Å². The molecule has 0 aliphatic heterocycles. The number of carbonyl (C=O) groups excluding carboxylic acids is 2. The highest BCUT2D eigenvalue weighted by molar-refractivity contribution is 5.89. The van der Waals surface area contributed by atoms with E-state index in [9.17, 15) is 9.59 Å². The fourth-order valence-corrected chi connectivity index (χ4v) is 1.78. The van der Waals surface area contributed by atoms with Crippen molar-refractivity contribution in [3.63, 3.8) is 0 Å². The van der Waals surface area contributed by atoms with Gasteiger partial charge < -0.3 is 16.8 Å². The summed E-state index contributed by atoms with van der Waals surface area (Å²) in [6.07, 6.45) is 0. The van der Waals surface area contributed by atoms with Gasteiger partial charge in [0.1, 0.15) is 6.04 Å². The van der Waals surface area contributed by atoms with Crippen LogP contribution in [0.3, 0.4) is 0 Å². The number of anilines is 1. The van der Waals surface area contributed by atoms with Crippen LogP contribution in [0, 0.1) is 5.92 Å². The van der Waals surface area contributed by atoms with Gasteiger partial charge in [0.25, 0.3) is 0 Å². The Morgan fingerprint density at radius 1 is 1.10 bits per heavy atom. The van der Waals surface area contributed by atoms with Crippen molar-refractivity contribution >= 4 is 17.5 Å². The molecule has 20 heavy (non-hydrogen) atoms. The molecule has 0 heterocycles. The van der Waals surface area contributed by atoms with E-state index in [0.717, 1.165) is 5.56 Å². The summed E-state index contributed by atoms with van der Waals surface area (Å²) in [4.78, 5) is 23.4. The first-order valence-corrected chi connectivity index (χ1v) is 6.28. The zero-order valence-corrected chi connectivity index (χ0v) is 11.5. The Hall–Kier alpha value is -2.04. The molecular weight excluding hydrogens is 254 g/mol. The number of amides is 2. The zero-order valence-electron chi connectivity index (χ0n) is 11.5. The van der Waals surface area contributed by atoms with Gasteiger partial charge in [-0.2, -0.15) is 0 Å². The molecule has 1 unspecified atom stereocenters. The molecule has 2 amide bonds. The summed E-state index contributed by atoms with van der Waals surface area (Å²) in [5.74, 6) is -1.14. The summed E-state index contributed by atoms with van der Waals surface area (Å²) >= 11 is 0. The molecule has 112 valence electrons. The first-order valence-electron chi connectivity index (χ1n) is 6.28. The Kier molecular flexibility index (Phi) is 6.76. The van der Waals surface area contributed by atoms with Gasteiger partial charge in [-0.05, 0) is 30.5 Å². The van der Waals surface area contributed by atoms with Gasteiger partial charge in [0.2, 0.25) is 11.8 Å². The molecule has 0 aromatic heterocycles. The standard InChI is InChI=1S/C14H21N3O2.CH4/c1-8(2)12(13(16)18)17-14(19)9(3)10-4-6-11(15)7-5-10;/h4-9,12H,15H2,1-3H3,(H2,16,18)(H,17,19);1H4/t9?,12-;/m0./s1. The number of hydrogen-bond donors (Lipinski definition) is 3. The third-order valence-electron chi connectivity index (χ3n) is 3.10. The lowest BCUT2D eigenvalue weighted by molar-refractivity contribution is -0.129. The SMILES string of the molecule is C.CC(C(=O)N[C@H](C(N)=O)C(C)C)c1ccc(N)cc1. The first-order chi connectivity index (χ1) is 8.82. The van der Waals surface area contributed by atoms with Gasteiger partial charge in [-0.3, -0.25) is 9.59 Å². The molecule has 0 saturated heterocycles. The Bertz CT molecular complexity index is 455. The van der Waals surface area contributed by atoms with Crippen molar-refractivity contribution in [2.45, 2.75) is 40.2 Å². The average molecular weight is 279 g/mol. The van der Waals surface area contributed by atoms with Crippen LogP contribution in [0.15, 0.2) is 24.3 Å². The highest BCUT2D eigenvalue weighted by Crippen LogP contribution is 2.17. The van der Waals surface area contributed by atoms with Crippen molar-refractivity contribution in [3.05, 3.63) is 29.8 Å². The molecule has 0 aliphatic rings. The molecule has 0 radical (unpaired) electrons. The van der Waals surface area contributed by atoms with Crippen molar-refractivity contribution in [1.29, 1.82) is 0 Å². The normalized spacial score (nSPS) is 13.2. The maximum absolute atomic E-state index is 12.1. The van der Waals surface area contributed by atoms with Crippen molar-refractivity contribution in [2.24, 2.45) is 11.7 Å². The van der Waals surface area contributed by atoms with E-state index in [4.69, 9.17) is 11.5 Å². The summed E-state index contributed by atoms with van der Waals surface area (Å²) < 4.78 is 0. The fourth-order valence-electron chi connectivity index (χ4n) is 1.78. The Morgan fingerprint density at radius 3 is 2.00 bits per heavy atom. The summed E-state index contributed by atoms with van der Waals surface area (Å²) in [6.45, 7) is 5.45. The van der Waals surface area contributed by atoms with E-state index in [2.05, 4.69) is 5.32 Å². The minimum absolute atomic E-state index is 0. The Balaban J connectivity index is 0.00000361. The molecule has 0 bridgehead atoms. The molecule has 0 spiro atoms. The average Bonchev–Trinajstić information content (AvgIpc) is 2.34. The molecular formula is C15H25N3O2. The molecule has 2 atom stereocenters. The lowest BCUT2D eigenvalue weighted by Crippen LogP contribution is -2.48. The number of carbonyl (C=O) groups is 2. The molecule has 1 aromatic carbocycles. The minimum atomic E-state index is -0.649. The molecule has 0 fully saturated rings. The van der Waals surface area contributed by atoms with Gasteiger partial charge in [0, 0.05) is 5.69 Å². The van der Waals surface area contributed by atoms with Crippen molar-refractivity contribution in [3.8, 4) is 0 Å². The number of primary amides is 1. The third kappa shape index (κ3) is 4.57. The lowest BCUT2D eigenvalue weighted by atomic mass is 9.98. The van der Waals surface area contributed by atoms with E-state index in [0.29, 0.717) is 5.69 Å². The van der Waals surface area contributed by atoms with Crippen LogP contribution in [-0.2, 0) is 9.59 Å². The predicted molar refractivity (Wildman–Crippen MR) is 82.0 cm³/mol. The second kappa shape index (κ2) is 7.53. The first kappa shape index (κ1) is 18.0. The third-order valence-corrected chi connectivity index (χ3v) is 3.10. The van der Waals surface area contributed by atoms with Gasteiger partial charge >= 0.3 is 0 Å². The number of hydrogen-bond acceptors (Lipinski definition) is 3. The van der Waals surface area contributed by atoms with E-state index in [1.165, 1.54) is 0 Å². The monoisotopic (exact) mass is 279 g/mol. The van der Waals surface area contributed by atoms with Crippen LogP contribution in [0.4, 0.5) is 5.69 Å². The molecule has 5 N–H and O–H groups in total. The van der Waals surface area contributed by atoms with Gasteiger partial charge in [0.05, 0.1) is 5.92 Å². The number of benzene rings is 1. The van der Waals surface area contributed by atoms with Crippen LogP contribution >= 0.6 is 0 Å². The minimum Gasteiger partial charge on any atom is -0.399 e. The summed E-state index contributed by atoms with van der Waals surface area (Å²) in [7, 11) is 0. The van der Waals surface area contributed by atoms with Crippen LogP contribution in [0.1, 0.15) is 39.7 Å². The van der Waals surface area contributed by atoms with E-state index in [1.54, 1.807) is 31.2 Å². The number of rotatable bonds is 5. The number of nitrogen functional groups attached to an aromatic ring is 1. The Morgan fingerprint density at radius 2 is 1.60 bits per heavy atom. The van der Waals surface area contributed by atoms with Crippen LogP contribution in [0.2, 0.25) is 0 Å². The highest BCUT2D eigenvalue weighted by atomic mass is 16.2. The topological polar surface area (TPSA) is 98.2 Å². The van der Waals surface area contributed by atoms with Gasteiger partial charge in [-0.1, -0.05) is 33.4 Å². The largest absolute Gasteiger partial charge is 0.399 e. The number of nitrogens with one attached hydrogen (secondary N) is 1. The number of nitrogens with two attached hydrogens (primary N) is 2. The van der Waals surface area contributed by atoms with Crippen LogP contribution in [0.25, 0.3) is 0 Å². The van der Waals surface area contributed by atoms with Gasteiger partial charge in [-0.15, -0.1) is 0 Å². The molecule has 0 saturated carbocycles. The molecule has 5 heteroatoms. The molecule has 5 nitrogen and oxygen atoms in total. The predicted octanol–water partition coefficient (Wildman–Crippen LogP) is 1.63. The van der Waals surface area contributed by atoms with Crippen LogP contribution in [-0.4, -0.2) is 17.9 Å². The van der Waals surface area contributed by atoms with Gasteiger partial charge in [0.15, 0.2) is 0 Å². The van der Waals surface area contributed by atoms with Crippen LogP contribution < -0.4 is 16.8 Å².